The molecule has 0 fully saturated rings. The first kappa shape index (κ1) is 25.1. The summed E-state index contributed by atoms with van der Waals surface area (Å²) in [5.41, 5.74) is 6.20. The van der Waals surface area contributed by atoms with Crippen molar-refractivity contribution in [3.63, 3.8) is 0 Å². The molecule has 0 radical (unpaired) electrons. The lowest BCUT2D eigenvalue weighted by atomic mass is 9.85. The molecule has 2 aliphatic rings. The van der Waals surface area contributed by atoms with Crippen LogP contribution < -0.4 is 9.47 Å². The number of aliphatic hydroxyl groups is 1. The van der Waals surface area contributed by atoms with Gasteiger partial charge >= 0.3 is 0 Å². The molecule has 35 heavy (non-hydrogen) atoms. The molecule has 5 heteroatoms. The highest BCUT2D eigenvalue weighted by molar-refractivity contribution is 5.78. The fourth-order valence-electron chi connectivity index (χ4n) is 5.13. The summed E-state index contributed by atoms with van der Waals surface area (Å²) in [6, 6.07) is 12.9. The van der Waals surface area contributed by atoms with Gasteiger partial charge in [-0.15, -0.1) is 0 Å². The van der Waals surface area contributed by atoms with Gasteiger partial charge in [-0.2, -0.15) is 0 Å². The zero-order valence-electron chi connectivity index (χ0n) is 21.2. The maximum absolute atomic E-state index is 12.1. The molecule has 0 saturated carbocycles. The summed E-state index contributed by atoms with van der Waals surface area (Å²) in [6.45, 7) is 6.26. The lowest BCUT2D eigenvalue weighted by Gasteiger charge is -2.38. The van der Waals surface area contributed by atoms with Crippen LogP contribution in [0, 0.1) is 6.92 Å². The maximum atomic E-state index is 12.1. The fraction of sp³-hybridized carbons (Fsp3) is 0.433. The van der Waals surface area contributed by atoms with Gasteiger partial charge in [-0.3, -0.25) is 9.69 Å². The molecule has 1 N–H and O–H groups in total. The summed E-state index contributed by atoms with van der Waals surface area (Å²) in [5.74, 6) is 2.14. The Morgan fingerprint density at radius 1 is 1.14 bits per heavy atom. The predicted molar refractivity (Wildman–Crippen MR) is 139 cm³/mol. The molecule has 4 rings (SSSR count). The van der Waals surface area contributed by atoms with Crippen LogP contribution in [0.15, 0.2) is 59.9 Å². The Balaban J connectivity index is 1.63. The molecule has 0 saturated heterocycles. The first-order valence-corrected chi connectivity index (χ1v) is 12.7. The molecule has 0 amide bonds. The zero-order valence-corrected chi connectivity index (χ0v) is 21.2. The van der Waals surface area contributed by atoms with Crippen LogP contribution in [0.1, 0.15) is 67.3 Å². The standard InChI is InChI=1S/C30H37NO4/c1-4-24(32)13-16-31-15-12-23-19-28(34-3)29(35-17-14-22-9-7-10-25(33)18-22)20-27(23)30(31)26-11-6-5-8-21(26)2/h5-6,8,10-11,18-20,30,33H,4,7,9,12-17H2,1-3H3. The van der Waals surface area contributed by atoms with Crippen LogP contribution in [-0.2, 0) is 11.2 Å². The van der Waals surface area contributed by atoms with Crippen molar-refractivity contribution >= 4 is 5.78 Å². The van der Waals surface area contributed by atoms with E-state index in [1.165, 1.54) is 27.8 Å². The van der Waals surface area contributed by atoms with Crippen LogP contribution in [-0.4, -0.2) is 42.6 Å². The molecule has 186 valence electrons. The summed E-state index contributed by atoms with van der Waals surface area (Å²) >= 11 is 0. The minimum atomic E-state index is 0.0704. The van der Waals surface area contributed by atoms with E-state index in [-0.39, 0.29) is 6.04 Å². The number of allylic oxidation sites excluding steroid dienone is 2. The van der Waals surface area contributed by atoms with Crippen molar-refractivity contribution in [3.8, 4) is 11.5 Å². The average Bonchev–Trinajstić information content (AvgIpc) is 2.87. The Bertz CT molecular complexity index is 1120. The molecule has 1 aliphatic carbocycles. The molecular weight excluding hydrogens is 438 g/mol. The minimum Gasteiger partial charge on any atom is -0.508 e. The number of carbonyl (C=O) groups is 1. The molecule has 0 spiro atoms. The molecule has 2 aromatic carbocycles. The van der Waals surface area contributed by atoms with Crippen LogP contribution >= 0.6 is 0 Å². The largest absolute Gasteiger partial charge is 0.508 e. The van der Waals surface area contributed by atoms with Gasteiger partial charge in [-0.05, 0) is 72.7 Å². The smallest absolute Gasteiger partial charge is 0.161 e. The van der Waals surface area contributed by atoms with Crippen LogP contribution in [0.2, 0.25) is 0 Å². The van der Waals surface area contributed by atoms with Crippen molar-refractivity contribution in [1.82, 2.24) is 4.90 Å². The van der Waals surface area contributed by atoms with Crippen molar-refractivity contribution in [3.05, 3.63) is 82.1 Å². The van der Waals surface area contributed by atoms with Crippen LogP contribution in [0.4, 0.5) is 0 Å². The Kier molecular flexibility index (Phi) is 8.29. The van der Waals surface area contributed by atoms with Crippen molar-refractivity contribution < 1.29 is 19.4 Å². The van der Waals surface area contributed by atoms with Gasteiger partial charge in [0, 0.05) is 32.4 Å². The zero-order chi connectivity index (χ0) is 24.8. The van der Waals surface area contributed by atoms with Crippen molar-refractivity contribution in [2.24, 2.45) is 0 Å². The monoisotopic (exact) mass is 475 g/mol. The Hall–Kier alpha value is -3.05. The van der Waals surface area contributed by atoms with Gasteiger partial charge in [-0.1, -0.05) is 36.8 Å². The van der Waals surface area contributed by atoms with Gasteiger partial charge in [-0.25, -0.2) is 0 Å². The van der Waals surface area contributed by atoms with E-state index in [1.54, 1.807) is 7.11 Å². The Morgan fingerprint density at radius 2 is 1.97 bits per heavy atom. The van der Waals surface area contributed by atoms with Gasteiger partial charge in [0.15, 0.2) is 11.5 Å². The number of aryl methyl sites for hydroxylation is 1. The summed E-state index contributed by atoms with van der Waals surface area (Å²) < 4.78 is 12.0. The number of hydrogen-bond acceptors (Lipinski definition) is 5. The van der Waals surface area contributed by atoms with E-state index in [0.717, 1.165) is 50.3 Å². The van der Waals surface area contributed by atoms with E-state index in [1.807, 2.05) is 19.1 Å². The van der Waals surface area contributed by atoms with Crippen molar-refractivity contribution in [2.75, 3.05) is 26.8 Å². The lowest BCUT2D eigenvalue weighted by Crippen LogP contribution is -2.37. The van der Waals surface area contributed by atoms with Gasteiger partial charge in [0.05, 0.1) is 19.8 Å². The summed E-state index contributed by atoms with van der Waals surface area (Å²) in [7, 11) is 1.69. The van der Waals surface area contributed by atoms with Gasteiger partial charge in [0.1, 0.15) is 11.5 Å². The molecule has 2 aromatic rings. The van der Waals surface area contributed by atoms with Crippen LogP contribution in [0.25, 0.3) is 0 Å². The number of ketones is 1. The van der Waals surface area contributed by atoms with Gasteiger partial charge in [0.25, 0.3) is 0 Å². The lowest BCUT2D eigenvalue weighted by molar-refractivity contribution is -0.119. The van der Waals surface area contributed by atoms with E-state index < -0.39 is 0 Å². The molecule has 1 heterocycles. The van der Waals surface area contributed by atoms with E-state index in [4.69, 9.17) is 9.47 Å². The number of rotatable bonds is 10. The van der Waals surface area contributed by atoms with E-state index in [9.17, 15) is 9.90 Å². The second-order valence-corrected chi connectivity index (χ2v) is 9.46. The third kappa shape index (κ3) is 5.96. The normalized spacial score (nSPS) is 17.9. The Labute approximate surface area is 209 Å². The number of nitrogens with zero attached hydrogens (tertiary/aromatic N) is 1. The first-order chi connectivity index (χ1) is 17.0. The second kappa shape index (κ2) is 11.6. The molecule has 5 nitrogen and oxygen atoms in total. The minimum absolute atomic E-state index is 0.0704. The number of aliphatic hydroxyl groups excluding tert-OH is 1. The third-order valence-electron chi connectivity index (χ3n) is 7.16. The topological polar surface area (TPSA) is 59.0 Å². The number of Topliss-reactive ketones (excluding diaryl/α,β-unsaturated/α-hetero) is 1. The maximum Gasteiger partial charge on any atom is 0.161 e. The molecule has 1 aliphatic heterocycles. The van der Waals surface area contributed by atoms with Crippen molar-refractivity contribution in [1.29, 1.82) is 0 Å². The van der Waals surface area contributed by atoms with E-state index >= 15 is 0 Å². The number of fused-ring (bicyclic) bond motifs is 1. The van der Waals surface area contributed by atoms with Gasteiger partial charge < -0.3 is 14.6 Å². The number of ether oxygens (including phenoxy) is 2. The summed E-state index contributed by atoms with van der Waals surface area (Å²) in [5, 5.41) is 9.79. The predicted octanol–water partition coefficient (Wildman–Crippen LogP) is 6.25. The molecule has 0 bridgehead atoms. The fourth-order valence-corrected chi connectivity index (χ4v) is 5.13. The summed E-state index contributed by atoms with van der Waals surface area (Å²) in [6.07, 6.45) is 8.35. The molecular formula is C30H37NO4. The first-order valence-electron chi connectivity index (χ1n) is 12.7. The van der Waals surface area contributed by atoms with E-state index in [2.05, 4.69) is 48.2 Å². The van der Waals surface area contributed by atoms with Crippen molar-refractivity contribution in [2.45, 2.75) is 58.4 Å². The van der Waals surface area contributed by atoms with Gasteiger partial charge in [0.2, 0.25) is 0 Å². The third-order valence-corrected chi connectivity index (χ3v) is 7.16. The summed E-state index contributed by atoms with van der Waals surface area (Å²) in [4.78, 5) is 14.6. The van der Waals surface area contributed by atoms with E-state index in [0.29, 0.717) is 31.0 Å². The molecule has 1 unspecified atom stereocenters. The second-order valence-electron chi connectivity index (χ2n) is 9.46. The Morgan fingerprint density at radius 3 is 2.71 bits per heavy atom. The highest BCUT2D eigenvalue weighted by atomic mass is 16.5. The highest BCUT2D eigenvalue weighted by Crippen LogP contribution is 2.42. The quantitative estimate of drug-likeness (QED) is 0.440. The van der Waals surface area contributed by atoms with Crippen LogP contribution in [0.3, 0.4) is 0 Å². The number of hydrogen-bond donors (Lipinski definition) is 1. The number of carbonyl (C=O) groups excluding carboxylic acids is 1. The average molecular weight is 476 g/mol. The number of methoxy groups -OCH3 is 1. The SMILES string of the molecule is CCC(=O)CCN1CCc2cc(OC)c(OCCC3=CC(O)=CCC3)cc2C1c1ccccc1C. The van der Waals surface area contributed by atoms with Crippen LogP contribution in [0.5, 0.6) is 11.5 Å². The molecule has 0 aromatic heterocycles. The highest BCUT2D eigenvalue weighted by Gasteiger charge is 2.31. The number of benzene rings is 2. The molecule has 1 atom stereocenters.